The number of aryl methyl sites for hydroxylation is 1. The smallest absolute Gasteiger partial charge is 0.410 e. The summed E-state index contributed by atoms with van der Waals surface area (Å²) < 4.78 is 10.7. The predicted molar refractivity (Wildman–Crippen MR) is 125 cm³/mol. The van der Waals surface area contributed by atoms with Gasteiger partial charge < -0.3 is 9.64 Å². The number of hydrogen-bond acceptors (Lipinski definition) is 5. The summed E-state index contributed by atoms with van der Waals surface area (Å²) in [4.78, 5) is 32.5. The molecule has 4 aromatic heterocycles. The summed E-state index contributed by atoms with van der Waals surface area (Å²) in [6.07, 6.45) is 4.92. The second kappa shape index (κ2) is 7.75. The third kappa shape index (κ3) is 3.77. The van der Waals surface area contributed by atoms with E-state index in [0.29, 0.717) is 18.7 Å². The monoisotopic (exact) mass is 448 g/mol. The molecule has 9 nitrogen and oxygen atoms in total. The minimum absolute atomic E-state index is 0.134. The summed E-state index contributed by atoms with van der Waals surface area (Å²) >= 11 is 0. The Hall–Kier alpha value is -3.62. The van der Waals surface area contributed by atoms with Gasteiger partial charge in [-0.15, -0.1) is 0 Å². The van der Waals surface area contributed by atoms with Crippen molar-refractivity contribution in [3.63, 3.8) is 0 Å². The number of carbonyl (C=O) groups excluding carboxylic acids is 1. The summed E-state index contributed by atoms with van der Waals surface area (Å²) in [5, 5.41) is 4.41. The zero-order valence-electron chi connectivity index (χ0n) is 19.4. The Bertz CT molecular complexity index is 1410. The molecule has 0 saturated carbocycles. The standard InChI is InChI=1S/C24H28N6O3/c1-24(2,3)33-23(32)28-12-7-8-16(15-28)30-21-20(27(4)22(30)31)11-10-18(26-21)17-14-25-29-13-6-5-9-19(17)29/h5-6,9-11,13-14,16H,7-8,12,15H2,1-4H3/t16-/m1/s1. The summed E-state index contributed by atoms with van der Waals surface area (Å²) in [6, 6.07) is 9.56. The van der Waals surface area contributed by atoms with Crippen LogP contribution in [0, 0.1) is 0 Å². The zero-order chi connectivity index (χ0) is 23.3. The summed E-state index contributed by atoms with van der Waals surface area (Å²) in [5.41, 5.74) is 3.28. The molecule has 0 aliphatic carbocycles. The fourth-order valence-electron chi connectivity index (χ4n) is 4.50. The molecule has 1 aliphatic heterocycles. The van der Waals surface area contributed by atoms with Crippen LogP contribution in [0.2, 0.25) is 0 Å². The fourth-order valence-corrected chi connectivity index (χ4v) is 4.50. The first-order valence-electron chi connectivity index (χ1n) is 11.2. The van der Waals surface area contributed by atoms with Gasteiger partial charge in [0.2, 0.25) is 0 Å². The van der Waals surface area contributed by atoms with Gasteiger partial charge in [0.05, 0.1) is 29.0 Å². The van der Waals surface area contributed by atoms with E-state index in [1.165, 1.54) is 0 Å². The Balaban J connectivity index is 1.55. The Morgan fingerprint density at radius 3 is 2.76 bits per heavy atom. The van der Waals surface area contributed by atoms with Crippen molar-refractivity contribution < 1.29 is 9.53 Å². The maximum Gasteiger partial charge on any atom is 0.410 e. The molecular weight excluding hydrogens is 420 g/mol. The predicted octanol–water partition coefficient (Wildman–Crippen LogP) is 3.62. The Morgan fingerprint density at radius 2 is 1.97 bits per heavy atom. The van der Waals surface area contributed by atoms with E-state index >= 15 is 0 Å². The first kappa shape index (κ1) is 21.2. The SMILES string of the molecule is Cn1c(=O)n([C@@H]2CCCN(C(=O)OC(C)(C)C)C2)c2nc(-c3cnn4ccccc34)ccc21. The van der Waals surface area contributed by atoms with Crippen molar-refractivity contribution in [2.24, 2.45) is 7.05 Å². The zero-order valence-corrected chi connectivity index (χ0v) is 19.4. The minimum atomic E-state index is -0.564. The molecule has 172 valence electrons. The normalized spacial score (nSPS) is 17.1. The highest BCUT2D eigenvalue weighted by Gasteiger charge is 2.31. The first-order valence-corrected chi connectivity index (χ1v) is 11.2. The highest BCUT2D eigenvalue weighted by Crippen LogP contribution is 2.28. The molecule has 0 spiro atoms. The van der Waals surface area contributed by atoms with E-state index in [1.807, 2.05) is 57.3 Å². The minimum Gasteiger partial charge on any atom is -0.444 e. The lowest BCUT2D eigenvalue weighted by Crippen LogP contribution is -2.45. The maximum atomic E-state index is 13.2. The molecule has 0 unspecified atom stereocenters. The van der Waals surface area contributed by atoms with Gasteiger partial charge in [-0.3, -0.25) is 9.13 Å². The third-order valence-corrected chi connectivity index (χ3v) is 6.05. The molecule has 5 heterocycles. The molecule has 1 aliphatic rings. The molecule has 33 heavy (non-hydrogen) atoms. The van der Waals surface area contributed by atoms with E-state index in [4.69, 9.17) is 9.72 Å². The lowest BCUT2D eigenvalue weighted by atomic mass is 10.1. The molecular formula is C24H28N6O3. The van der Waals surface area contributed by atoms with Crippen LogP contribution in [0.25, 0.3) is 27.9 Å². The van der Waals surface area contributed by atoms with Crippen LogP contribution in [0.4, 0.5) is 4.79 Å². The second-order valence-corrected chi connectivity index (χ2v) is 9.56. The largest absolute Gasteiger partial charge is 0.444 e. The Kier molecular flexibility index (Phi) is 4.99. The molecule has 0 bridgehead atoms. The van der Waals surface area contributed by atoms with Gasteiger partial charge in [0.25, 0.3) is 0 Å². The first-order chi connectivity index (χ1) is 15.7. The molecule has 0 aromatic carbocycles. The molecule has 9 heteroatoms. The number of hydrogen-bond donors (Lipinski definition) is 0. The highest BCUT2D eigenvalue weighted by molar-refractivity contribution is 5.82. The number of ether oxygens (including phenoxy) is 1. The molecule has 1 fully saturated rings. The van der Waals surface area contributed by atoms with Crippen molar-refractivity contribution in [3.8, 4) is 11.3 Å². The van der Waals surface area contributed by atoms with Crippen LogP contribution in [0.1, 0.15) is 39.7 Å². The number of aromatic nitrogens is 5. The molecule has 1 atom stereocenters. The number of rotatable bonds is 2. The van der Waals surface area contributed by atoms with Gasteiger partial charge in [0, 0.05) is 31.9 Å². The molecule has 5 rings (SSSR count). The number of nitrogens with zero attached hydrogens (tertiary/aromatic N) is 6. The maximum absolute atomic E-state index is 13.2. The van der Waals surface area contributed by atoms with Gasteiger partial charge in [-0.05, 0) is 57.9 Å². The van der Waals surface area contributed by atoms with Crippen LogP contribution in [0.15, 0.2) is 47.5 Å². The van der Waals surface area contributed by atoms with Crippen molar-refractivity contribution in [3.05, 3.63) is 53.2 Å². The lowest BCUT2D eigenvalue weighted by Gasteiger charge is -2.34. The van der Waals surface area contributed by atoms with E-state index in [0.717, 1.165) is 35.1 Å². The number of fused-ring (bicyclic) bond motifs is 2. The molecule has 1 amide bonds. The van der Waals surface area contributed by atoms with Gasteiger partial charge in [-0.2, -0.15) is 5.10 Å². The summed E-state index contributed by atoms with van der Waals surface area (Å²) in [6.45, 7) is 6.59. The van der Waals surface area contributed by atoms with Crippen molar-refractivity contribution >= 4 is 22.8 Å². The number of imidazole rings is 1. The van der Waals surface area contributed by atoms with E-state index in [1.54, 1.807) is 31.8 Å². The molecule has 1 saturated heterocycles. The van der Waals surface area contributed by atoms with Crippen molar-refractivity contribution in [2.75, 3.05) is 13.1 Å². The van der Waals surface area contributed by atoms with Crippen LogP contribution >= 0.6 is 0 Å². The topological polar surface area (TPSA) is 86.7 Å². The van der Waals surface area contributed by atoms with E-state index in [9.17, 15) is 9.59 Å². The fraction of sp³-hybridized carbons (Fsp3) is 0.417. The van der Waals surface area contributed by atoms with Gasteiger partial charge in [0.1, 0.15) is 5.60 Å². The van der Waals surface area contributed by atoms with Crippen LogP contribution < -0.4 is 5.69 Å². The Labute approximate surface area is 191 Å². The summed E-state index contributed by atoms with van der Waals surface area (Å²) in [7, 11) is 1.76. The van der Waals surface area contributed by atoms with E-state index in [-0.39, 0.29) is 17.8 Å². The van der Waals surface area contributed by atoms with Crippen LogP contribution in [-0.2, 0) is 11.8 Å². The number of pyridine rings is 2. The van der Waals surface area contributed by atoms with Gasteiger partial charge in [0.15, 0.2) is 5.65 Å². The second-order valence-electron chi connectivity index (χ2n) is 9.56. The van der Waals surface area contributed by atoms with E-state index in [2.05, 4.69) is 5.10 Å². The quantitative estimate of drug-likeness (QED) is 0.467. The van der Waals surface area contributed by atoms with E-state index < -0.39 is 5.60 Å². The molecule has 4 aromatic rings. The number of piperidine rings is 1. The van der Waals surface area contributed by atoms with Gasteiger partial charge in [-0.1, -0.05) is 6.07 Å². The molecule has 0 radical (unpaired) electrons. The van der Waals surface area contributed by atoms with Gasteiger partial charge >= 0.3 is 11.8 Å². The number of amides is 1. The number of carbonyl (C=O) groups is 1. The van der Waals surface area contributed by atoms with Crippen LogP contribution in [-0.4, -0.2) is 53.4 Å². The van der Waals surface area contributed by atoms with Crippen LogP contribution in [0.5, 0.6) is 0 Å². The van der Waals surface area contributed by atoms with Crippen molar-refractivity contribution in [1.82, 2.24) is 28.6 Å². The lowest BCUT2D eigenvalue weighted by molar-refractivity contribution is 0.0172. The number of likely N-dealkylation sites (tertiary alicyclic amines) is 1. The van der Waals surface area contributed by atoms with Crippen LogP contribution in [0.3, 0.4) is 0 Å². The average molecular weight is 449 g/mol. The molecule has 0 N–H and O–H groups in total. The third-order valence-electron chi connectivity index (χ3n) is 6.05. The van der Waals surface area contributed by atoms with Crippen molar-refractivity contribution in [2.45, 2.75) is 45.3 Å². The van der Waals surface area contributed by atoms with Crippen molar-refractivity contribution in [1.29, 1.82) is 0 Å². The highest BCUT2D eigenvalue weighted by atomic mass is 16.6. The van der Waals surface area contributed by atoms with Gasteiger partial charge in [-0.25, -0.2) is 19.1 Å². The summed E-state index contributed by atoms with van der Waals surface area (Å²) in [5.74, 6) is 0. The Morgan fingerprint density at radius 1 is 1.15 bits per heavy atom. The average Bonchev–Trinajstić information content (AvgIpc) is 3.32.